The zero-order valence-corrected chi connectivity index (χ0v) is 11.2. The molecule has 0 aromatic carbocycles. The van der Waals surface area contributed by atoms with Crippen LogP contribution >= 0.6 is 0 Å². The van der Waals surface area contributed by atoms with Gasteiger partial charge in [0.05, 0.1) is 0 Å². The van der Waals surface area contributed by atoms with Gasteiger partial charge in [0.25, 0.3) is 0 Å². The lowest BCUT2D eigenvalue weighted by Crippen LogP contribution is -2.53. The molecule has 0 spiro atoms. The van der Waals surface area contributed by atoms with E-state index in [1.807, 2.05) is 0 Å². The molecule has 2 heteroatoms. The van der Waals surface area contributed by atoms with Gasteiger partial charge >= 0.3 is 0 Å². The summed E-state index contributed by atoms with van der Waals surface area (Å²) < 4.78 is 0. The highest BCUT2D eigenvalue weighted by Gasteiger charge is 2.36. The second-order valence-electron chi connectivity index (χ2n) is 5.92. The van der Waals surface area contributed by atoms with E-state index >= 15 is 0 Å². The van der Waals surface area contributed by atoms with Gasteiger partial charge in [0.15, 0.2) is 0 Å². The quantitative estimate of drug-likeness (QED) is 0.715. The van der Waals surface area contributed by atoms with Crippen LogP contribution in [0.2, 0.25) is 0 Å². The fourth-order valence-electron chi connectivity index (χ4n) is 2.90. The molecule has 0 radical (unpaired) electrons. The monoisotopic (exact) mass is 224 g/mol. The zero-order valence-electron chi connectivity index (χ0n) is 11.2. The molecular formula is C14H28N2. The van der Waals surface area contributed by atoms with Crippen LogP contribution < -0.4 is 5.32 Å². The van der Waals surface area contributed by atoms with Crippen LogP contribution in [0.15, 0.2) is 0 Å². The van der Waals surface area contributed by atoms with Gasteiger partial charge in [-0.2, -0.15) is 0 Å². The maximum absolute atomic E-state index is 3.70. The van der Waals surface area contributed by atoms with Crippen molar-refractivity contribution < 1.29 is 0 Å². The minimum atomic E-state index is 0.716. The van der Waals surface area contributed by atoms with Crippen LogP contribution in [0.5, 0.6) is 0 Å². The molecule has 94 valence electrons. The van der Waals surface area contributed by atoms with Crippen molar-refractivity contribution in [1.82, 2.24) is 10.2 Å². The predicted molar refractivity (Wildman–Crippen MR) is 69.7 cm³/mol. The van der Waals surface area contributed by atoms with Crippen LogP contribution in [0.3, 0.4) is 0 Å². The number of rotatable bonds is 7. The van der Waals surface area contributed by atoms with Gasteiger partial charge in [-0.25, -0.2) is 0 Å². The van der Waals surface area contributed by atoms with Crippen LogP contribution in [-0.4, -0.2) is 36.1 Å². The smallest absolute Gasteiger partial charge is 0.0138 e. The highest BCUT2D eigenvalue weighted by atomic mass is 15.2. The molecule has 2 saturated carbocycles. The van der Waals surface area contributed by atoms with Crippen molar-refractivity contribution in [2.75, 3.05) is 13.1 Å². The lowest BCUT2D eigenvalue weighted by molar-refractivity contribution is 0.0378. The molecule has 2 unspecified atom stereocenters. The van der Waals surface area contributed by atoms with Crippen LogP contribution in [-0.2, 0) is 0 Å². The summed E-state index contributed by atoms with van der Waals surface area (Å²) in [5, 5.41) is 3.70. The van der Waals surface area contributed by atoms with Crippen LogP contribution in [0.4, 0.5) is 0 Å². The summed E-state index contributed by atoms with van der Waals surface area (Å²) in [5.74, 6) is 0.926. The van der Waals surface area contributed by atoms with E-state index in [-0.39, 0.29) is 0 Å². The van der Waals surface area contributed by atoms with Gasteiger partial charge in [0, 0.05) is 18.1 Å². The maximum Gasteiger partial charge on any atom is 0.0138 e. The first-order valence-electron chi connectivity index (χ1n) is 7.21. The minimum absolute atomic E-state index is 0.716. The number of hydrogen-bond acceptors (Lipinski definition) is 2. The molecule has 0 amide bonds. The first-order valence-corrected chi connectivity index (χ1v) is 7.21. The largest absolute Gasteiger partial charge is 0.314 e. The molecule has 2 fully saturated rings. The van der Waals surface area contributed by atoms with E-state index in [2.05, 4.69) is 31.0 Å². The minimum Gasteiger partial charge on any atom is -0.314 e. The van der Waals surface area contributed by atoms with Crippen molar-refractivity contribution in [3.8, 4) is 0 Å². The molecule has 0 saturated heterocycles. The summed E-state index contributed by atoms with van der Waals surface area (Å²) in [6.07, 6.45) is 6.99. The molecule has 0 bridgehead atoms. The second kappa shape index (κ2) is 5.50. The Kier molecular flexibility index (Phi) is 4.26. The molecule has 16 heavy (non-hydrogen) atoms. The summed E-state index contributed by atoms with van der Waals surface area (Å²) in [5.41, 5.74) is 0. The summed E-state index contributed by atoms with van der Waals surface area (Å²) in [7, 11) is 0. The van der Waals surface area contributed by atoms with Crippen LogP contribution in [0, 0.1) is 5.92 Å². The van der Waals surface area contributed by atoms with E-state index in [4.69, 9.17) is 0 Å². The average molecular weight is 224 g/mol. The van der Waals surface area contributed by atoms with E-state index < -0.39 is 0 Å². The molecular weight excluding hydrogens is 196 g/mol. The van der Waals surface area contributed by atoms with Gasteiger partial charge in [0.2, 0.25) is 0 Å². The molecule has 2 rings (SSSR count). The van der Waals surface area contributed by atoms with Crippen molar-refractivity contribution in [2.24, 2.45) is 5.92 Å². The first-order chi connectivity index (χ1) is 7.72. The molecule has 0 aliphatic heterocycles. The van der Waals surface area contributed by atoms with E-state index in [9.17, 15) is 0 Å². The second-order valence-corrected chi connectivity index (χ2v) is 5.92. The van der Waals surface area contributed by atoms with Gasteiger partial charge in [-0.3, -0.25) is 4.90 Å². The first kappa shape index (κ1) is 12.4. The summed E-state index contributed by atoms with van der Waals surface area (Å²) in [6.45, 7) is 9.54. The highest BCUT2D eigenvalue weighted by Crippen LogP contribution is 2.33. The lowest BCUT2D eigenvalue weighted by Gasteiger charge is -2.46. The molecule has 2 atom stereocenters. The standard InChI is InChI=1S/C14H28N2/c1-4-9-16(11(2)3)14-8-5-12(14)10-15-13-6-7-13/h11-15H,4-10H2,1-3H3. The zero-order chi connectivity index (χ0) is 11.5. The molecule has 0 aromatic heterocycles. The fourth-order valence-corrected chi connectivity index (χ4v) is 2.90. The third-order valence-corrected chi connectivity index (χ3v) is 4.19. The molecule has 2 aliphatic rings. The van der Waals surface area contributed by atoms with E-state index in [0.29, 0.717) is 6.04 Å². The maximum atomic E-state index is 3.70. The van der Waals surface area contributed by atoms with Gasteiger partial charge in [-0.05, 0) is 65.0 Å². The Morgan fingerprint density at radius 2 is 1.94 bits per heavy atom. The van der Waals surface area contributed by atoms with Crippen LogP contribution in [0.1, 0.15) is 52.9 Å². The Bertz CT molecular complexity index is 211. The predicted octanol–water partition coefficient (Wildman–Crippen LogP) is 2.64. The molecule has 0 heterocycles. The Balaban J connectivity index is 1.76. The van der Waals surface area contributed by atoms with Gasteiger partial charge in [-0.15, -0.1) is 0 Å². The average Bonchev–Trinajstić information content (AvgIpc) is 2.99. The third kappa shape index (κ3) is 2.98. The number of nitrogens with zero attached hydrogens (tertiary/aromatic N) is 1. The van der Waals surface area contributed by atoms with Crippen molar-refractivity contribution in [3.63, 3.8) is 0 Å². The molecule has 2 nitrogen and oxygen atoms in total. The Morgan fingerprint density at radius 1 is 1.19 bits per heavy atom. The van der Waals surface area contributed by atoms with Crippen molar-refractivity contribution in [3.05, 3.63) is 0 Å². The van der Waals surface area contributed by atoms with Crippen molar-refractivity contribution in [2.45, 2.75) is 71.0 Å². The summed E-state index contributed by atoms with van der Waals surface area (Å²) in [6, 6.07) is 2.46. The van der Waals surface area contributed by atoms with E-state index in [0.717, 1.165) is 18.0 Å². The van der Waals surface area contributed by atoms with Crippen molar-refractivity contribution >= 4 is 0 Å². The Labute approximate surface area is 101 Å². The summed E-state index contributed by atoms with van der Waals surface area (Å²) in [4.78, 5) is 2.72. The van der Waals surface area contributed by atoms with Crippen molar-refractivity contribution in [1.29, 1.82) is 0 Å². The van der Waals surface area contributed by atoms with E-state index in [1.165, 1.54) is 45.2 Å². The van der Waals surface area contributed by atoms with Gasteiger partial charge in [0.1, 0.15) is 0 Å². The lowest BCUT2D eigenvalue weighted by atomic mass is 9.77. The van der Waals surface area contributed by atoms with Crippen LogP contribution in [0.25, 0.3) is 0 Å². The molecule has 0 aromatic rings. The third-order valence-electron chi connectivity index (χ3n) is 4.19. The normalized spacial score (nSPS) is 29.8. The van der Waals surface area contributed by atoms with Gasteiger partial charge < -0.3 is 5.32 Å². The molecule has 1 N–H and O–H groups in total. The highest BCUT2D eigenvalue weighted by molar-refractivity contribution is 4.93. The van der Waals surface area contributed by atoms with Gasteiger partial charge in [-0.1, -0.05) is 6.92 Å². The Morgan fingerprint density at radius 3 is 2.38 bits per heavy atom. The number of nitrogens with one attached hydrogen (secondary N) is 1. The van der Waals surface area contributed by atoms with E-state index in [1.54, 1.807) is 0 Å². The summed E-state index contributed by atoms with van der Waals surface area (Å²) >= 11 is 0. The topological polar surface area (TPSA) is 15.3 Å². The SMILES string of the molecule is CCCN(C(C)C)C1CCC1CNC1CC1. The fraction of sp³-hybridized carbons (Fsp3) is 1.00. The number of hydrogen-bond donors (Lipinski definition) is 1. The molecule has 2 aliphatic carbocycles. The Hall–Kier alpha value is -0.0800.